The van der Waals surface area contributed by atoms with Gasteiger partial charge in [-0.05, 0) is 56.7 Å². The third-order valence-corrected chi connectivity index (χ3v) is 3.90. The number of halogens is 1. The predicted octanol–water partition coefficient (Wildman–Crippen LogP) is 4.05. The minimum atomic E-state index is -0.332. The molecule has 2 aromatic rings. The molecule has 0 aromatic heterocycles. The van der Waals surface area contributed by atoms with Crippen LogP contribution in [0, 0.1) is 6.92 Å². The highest BCUT2D eigenvalue weighted by molar-refractivity contribution is 6.34. The number of nitrogens with one attached hydrogen (secondary N) is 2. The number of rotatable bonds is 5. The lowest BCUT2D eigenvalue weighted by atomic mass is 10.1. The maximum atomic E-state index is 12.5. The predicted molar refractivity (Wildman–Crippen MR) is 99.7 cm³/mol. The first-order valence-corrected chi connectivity index (χ1v) is 8.26. The Kier molecular flexibility index (Phi) is 6.04. The molecule has 0 spiro atoms. The second-order valence-electron chi connectivity index (χ2n) is 5.96. The highest BCUT2D eigenvalue weighted by Gasteiger charge is 2.14. The van der Waals surface area contributed by atoms with Gasteiger partial charge in [0.2, 0.25) is 0 Å². The summed E-state index contributed by atoms with van der Waals surface area (Å²) in [7, 11) is 1.55. The van der Waals surface area contributed by atoms with Gasteiger partial charge in [0.1, 0.15) is 5.75 Å². The Balaban J connectivity index is 2.24. The Bertz CT molecular complexity index is 803. The Morgan fingerprint density at radius 2 is 1.68 bits per heavy atom. The number of carbonyl (C=O) groups is 2. The molecule has 5 nitrogen and oxygen atoms in total. The average molecular weight is 361 g/mol. The van der Waals surface area contributed by atoms with Crippen LogP contribution in [0.5, 0.6) is 5.75 Å². The molecule has 132 valence electrons. The molecule has 0 aliphatic heterocycles. The van der Waals surface area contributed by atoms with E-state index in [1.54, 1.807) is 37.4 Å². The van der Waals surface area contributed by atoms with E-state index in [-0.39, 0.29) is 17.9 Å². The number of hydrogen-bond acceptors (Lipinski definition) is 3. The van der Waals surface area contributed by atoms with Gasteiger partial charge in [-0.3, -0.25) is 9.59 Å². The molecular formula is C19H21ClN2O3. The van der Waals surface area contributed by atoms with Gasteiger partial charge in [0, 0.05) is 17.2 Å². The molecule has 0 heterocycles. The number of aryl methyl sites for hydroxylation is 1. The number of anilines is 1. The third-order valence-electron chi connectivity index (χ3n) is 3.57. The lowest BCUT2D eigenvalue weighted by Crippen LogP contribution is -2.30. The Hall–Kier alpha value is -2.53. The van der Waals surface area contributed by atoms with Crippen molar-refractivity contribution in [3.8, 4) is 5.75 Å². The van der Waals surface area contributed by atoms with Crippen molar-refractivity contribution in [1.29, 1.82) is 0 Å². The van der Waals surface area contributed by atoms with E-state index in [4.69, 9.17) is 16.3 Å². The van der Waals surface area contributed by atoms with Crippen molar-refractivity contribution < 1.29 is 14.3 Å². The zero-order chi connectivity index (χ0) is 18.6. The van der Waals surface area contributed by atoms with Crippen LogP contribution >= 0.6 is 11.6 Å². The minimum absolute atomic E-state index is 0.0150. The zero-order valence-corrected chi connectivity index (χ0v) is 15.4. The van der Waals surface area contributed by atoms with Crippen molar-refractivity contribution in [3.05, 3.63) is 58.1 Å². The fourth-order valence-electron chi connectivity index (χ4n) is 2.26. The molecular weight excluding hydrogens is 340 g/mol. The van der Waals surface area contributed by atoms with Crippen LogP contribution in [0.1, 0.15) is 40.1 Å². The van der Waals surface area contributed by atoms with Crippen molar-refractivity contribution in [2.24, 2.45) is 0 Å². The standard InChI is InChI=1S/C19H21ClN2O3/c1-11(2)21-18(23)13-7-8-15(20)16(9-13)22-19(24)14-6-5-12(3)17(10-14)25-4/h5-11H,1-4H3,(H,21,23)(H,22,24). The first-order valence-electron chi connectivity index (χ1n) is 7.88. The Morgan fingerprint density at radius 3 is 2.32 bits per heavy atom. The number of ether oxygens (including phenoxy) is 1. The maximum absolute atomic E-state index is 12.5. The molecule has 0 unspecified atom stereocenters. The van der Waals surface area contributed by atoms with E-state index in [0.717, 1.165) is 5.56 Å². The maximum Gasteiger partial charge on any atom is 0.255 e. The first-order chi connectivity index (χ1) is 11.8. The molecule has 2 aromatic carbocycles. The van der Waals surface area contributed by atoms with E-state index < -0.39 is 0 Å². The van der Waals surface area contributed by atoms with Crippen molar-refractivity contribution in [1.82, 2.24) is 5.32 Å². The quantitative estimate of drug-likeness (QED) is 0.845. The Labute approximate surface area is 152 Å². The van der Waals surface area contributed by atoms with Crippen molar-refractivity contribution in [2.45, 2.75) is 26.8 Å². The number of carbonyl (C=O) groups excluding carboxylic acids is 2. The molecule has 0 fully saturated rings. The fraction of sp³-hybridized carbons (Fsp3) is 0.263. The van der Waals surface area contributed by atoms with Crippen LogP contribution in [-0.2, 0) is 0 Å². The van der Waals surface area contributed by atoms with Gasteiger partial charge in [-0.15, -0.1) is 0 Å². The third kappa shape index (κ3) is 4.73. The lowest BCUT2D eigenvalue weighted by Gasteiger charge is -2.12. The van der Waals surface area contributed by atoms with E-state index in [9.17, 15) is 9.59 Å². The van der Waals surface area contributed by atoms with Gasteiger partial charge in [-0.25, -0.2) is 0 Å². The van der Waals surface area contributed by atoms with Gasteiger partial charge in [-0.1, -0.05) is 17.7 Å². The topological polar surface area (TPSA) is 67.4 Å². The number of hydrogen-bond donors (Lipinski definition) is 2. The second-order valence-corrected chi connectivity index (χ2v) is 6.37. The van der Waals surface area contributed by atoms with Crippen LogP contribution < -0.4 is 15.4 Å². The van der Waals surface area contributed by atoms with Crippen LogP contribution in [0.25, 0.3) is 0 Å². The van der Waals surface area contributed by atoms with E-state index in [0.29, 0.717) is 27.6 Å². The fourth-order valence-corrected chi connectivity index (χ4v) is 2.43. The van der Waals surface area contributed by atoms with Gasteiger partial charge in [0.25, 0.3) is 11.8 Å². The summed E-state index contributed by atoms with van der Waals surface area (Å²) in [6.45, 7) is 5.65. The summed E-state index contributed by atoms with van der Waals surface area (Å²) < 4.78 is 5.24. The SMILES string of the molecule is COc1cc(C(=O)Nc2cc(C(=O)NC(C)C)ccc2Cl)ccc1C. The zero-order valence-electron chi connectivity index (χ0n) is 14.6. The smallest absolute Gasteiger partial charge is 0.255 e. The molecule has 0 saturated carbocycles. The van der Waals surface area contributed by atoms with E-state index in [1.165, 1.54) is 0 Å². The van der Waals surface area contributed by atoms with Crippen LogP contribution in [-0.4, -0.2) is 25.0 Å². The molecule has 2 amide bonds. The highest BCUT2D eigenvalue weighted by Crippen LogP contribution is 2.25. The minimum Gasteiger partial charge on any atom is -0.496 e. The van der Waals surface area contributed by atoms with E-state index >= 15 is 0 Å². The van der Waals surface area contributed by atoms with Crippen molar-refractivity contribution >= 4 is 29.1 Å². The summed E-state index contributed by atoms with van der Waals surface area (Å²) in [6.07, 6.45) is 0. The van der Waals surface area contributed by atoms with Gasteiger partial charge >= 0.3 is 0 Å². The van der Waals surface area contributed by atoms with Crippen LogP contribution in [0.3, 0.4) is 0 Å². The van der Waals surface area contributed by atoms with Gasteiger partial charge in [0.05, 0.1) is 17.8 Å². The molecule has 0 aliphatic carbocycles. The van der Waals surface area contributed by atoms with Crippen molar-refractivity contribution in [3.63, 3.8) is 0 Å². The first kappa shape index (κ1) is 18.8. The van der Waals surface area contributed by atoms with Crippen LogP contribution in [0.15, 0.2) is 36.4 Å². The second kappa shape index (κ2) is 8.03. The molecule has 6 heteroatoms. The van der Waals surface area contributed by atoms with Gasteiger partial charge < -0.3 is 15.4 Å². The molecule has 0 saturated heterocycles. The van der Waals surface area contributed by atoms with Crippen molar-refractivity contribution in [2.75, 3.05) is 12.4 Å². The number of amides is 2. The van der Waals surface area contributed by atoms with Gasteiger partial charge in [-0.2, -0.15) is 0 Å². The summed E-state index contributed by atoms with van der Waals surface area (Å²) in [5.74, 6) is 0.0737. The lowest BCUT2D eigenvalue weighted by molar-refractivity contribution is 0.0942. The van der Waals surface area contributed by atoms with E-state index in [1.807, 2.05) is 26.8 Å². The summed E-state index contributed by atoms with van der Waals surface area (Å²) in [4.78, 5) is 24.6. The molecule has 0 atom stereocenters. The summed E-state index contributed by atoms with van der Waals surface area (Å²) in [5.41, 5.74) is 2.18. The molecule has 25 heavy (non-hydrogen) atoms. The summed E-state index contributed by atoms with van der Waals surface area (Å²) in [5, 5.41) is 5.90. The highest BCUT2D eigenvalue weighted by atomic mass is 35.5. The van der Waals surface area contributed by atoms with Gasteiger partial charge in [0.15, 0.2) is 0 Å². The molecule has 0 aliphatic rings. The van der Waals surface area contributed by atoms with E-state index in [2.05, 4.69) is 10.6 Å². The number of methoxy groups -OCH3 is 1. The molecule has 0 bridgehead atoms. The largest absolute Gasteiger partial charge is 0.496 e. The molecule has 0 radical (unpaired) electrons. The van der Waals surface area contributed by atoms with Crippen LogP contribution in [0.2, 0.25) is 5.02 Å². The molecule has 2 rings (SSSR count). The normalized spacial score (nSPS) is 10.5. The summed E-state index contributed by atoms with van der Waals surface area (Å²) in [6, 6.07) is 9.95. The summed E-state index contributed by atoms with van der Waals surface area (Å²) >= 11 is 6.15. The average Bonchev–Trinajstić information content (AvgIpc) is 2.56. The molecule has 2 N–H and O–H groups in total. The van der Waals surface area contributed by atoms with Crippen LogP contribution in [0.4, 0.5) is 5.69 Å². The monoisotopic (exact) mass is 360 g/mol. The number of benzene rings is 2. The Morgan fingerprint density at radius 1 is 1.04 bits per heavy atom.